The number of carbonyl (C=O) groups is 4. The Morgan fingerprint density at radius 3 is 2.11 bits per heavy atom. The number of amides is 2. The number of nitrogens with zero attached hydrogens (tertiary/aromatic N) is 2. The van der Waals surface area contributed by atoms with Crippen LogP contribution >= 0.6 is 0 Å². The average Bonchev–Trinajstić information content (AvgIpc) is 3.52. The van der Waals surface area contributed by atoms with Crippen molar-refractivity contribution in [2.45, 2.75) is 117 Å². The highest BCUT2D eigenvalue weighted by Gasteiger charge is 2.42. The lowest BCUT2D eigenvalue weighted by Gasteiger charge is -2.40. The molecule has 9 heteroatoms. The molecule has 0 aromatic heterocycles. The molecule has 0 bridgehead atoms. The van der Waals surface area contributed by atoms with E-state index in [2.05, 4.69) is 13.8 Å². The van der Waals surface area contributed by atoms with Crippen LogP contribution in [0, 0.1) is 29.6 Å². The van der Waals surface area contributed by atoms with Crippen LogP contribution in [0.5, 0.6) is 0 Å². The molecule has 1 N–H and O–H groups in total. The van der Waals surface area contributed by atoms with E-state index in [4.69, 9.17) is 9.47 Å². The van der Waals surface area contributed by atoms with E-state index in [1.807, 2.05) is 62.9 Å². The van der Waals surface area contributed by atoms with Crippen LogP contribution in [0.1, 0.15) is 98.7 Å². The van der Waals surface area contributed by atoms with Crippen molar-refractivity contribution >= 4 is 23.4 Å². The molecule has 9 atom stereocenters. The average molecular weight is 645 g/mol. The van der Waals surface area contributed by atoms with Gasteiger partial charge in [0, 0.05) is 52.5 Å². The standard InChI is InChI=1S/C37H60N2O7/c1-11-24(4)34(38(8)37(44)29(23(2)3)21-26(6)40)32(45-9)22-33(42)39-19-15-18-30(39)36(46-10)27(7)31(41)20-25(5)35(43)28-16-13-12-14-17-28/h12-14,16-17,23-25,27,29-30,32,34-36,43H,11,15,18-22H2,1-10H3/t24-,25-,27-,29-,30-,32?,34-,35+,36+/m0/s1. The predicted molar refractivity (Wildman–Crippen MR) is 180 cm³/mol. The molecule has 0 aliphatic carbocycles. The van der Waals surface area contributed by atoms with Gasteiger partial charge in [-0.25, -0.2) is 0 Å². The van der Waals surface area contributed by atoms with Crippen LogP contribution < -0.4 is 0 Å². The van der Waals surface area contributed by atoms with Crippen LogP contribution in [-0.2, 0) is 28.7 Å². The third-order valence-electron chi connectivity index (χ3n) is 10.2. The highest BCUT2D eigenvalue weighted by atomic mass is 16.5. The molecular formula is C37H60N2O7. The summed E-state index contributed by atoms with van der Waals surface area (Å²) in [6.07, 6.45) is 0.957. The SMILES string of the molecule is CC[C@H](C)[C@@H](C(CC(=O)N1CCC[C@H]1[C@H](OC)[C@@H](C)C(=O)C[C@H](C)[C@@H](O)c1ccccc1)OC)N(C)C(=O)[C@@H](CC(C)=O)C(C)C. The second kappa shape index (κ2) is 18.6. The van der Waals surface area contributed by atoms with Crippen molar-refractivity contribution in [1.82, 2.24) is 9.80 Å². The van der Waals surface area contributed by atoms with Gasteiger partial charge in [0.25, 0.3) is 0 Å². The molecule has 0 saturated carbocycles. The van der Waals surface area contributed by atoms with E-state index in [1.165, 1.54) is 6.92 Å². The van der Waals surface area contributed by atoms with E-state index in [9.17, 15) is 24.3 Å². The first-order valence-corrected chi connectivity index (χ1v) is 17.1. The lowest BCUT2D eigenvalue weighted by molar-refractivity contribution is -0.148. The molecule has 1 aromatic carbocycles. The van der Waals surface area contributed by atoms with E-state index in [0.29, 0.717) is 6.54 Å². The number of rotatable bonds is 19. The number of carbonyl (C=O) groups excluding carboxylic acids is 4. The molecule has 1 aliphatic heterocycles. The Bertz CT molecular complexity index is 1130. The Labute approximate surface area is 277 Å². The molecule has 1 aromatic rings. The molecule has 2 rings (SSSR count). The van der Waals surface area contributed by atoms with E-state index in [1.54, 1.807) is 26.2 Å². The molecule has 1 unspecified atom stereocenters. The Kier molecular flexibility index (Phi) is 16.0. The Morgan fingerprint density at radius 1 is 0.957 bits per heavy atom. The smallest absolute Gasteiger partial charge is 0.226 e. The maximum atomic E-state index is 14.0. The number of benzene rings is 1. The minimum absolute atomic E-state index is 0.00867. The number of methoxy groups -OCH3 is 2. The van der Waals surface area contributed by atoms with Crippen LogP contribution in [-0.4, -0.2) is 90.4 Å². The minimum atomic E-state index is -0.754. The summed E-state index contributed by atoms with van der Waals surface area (Å²) in [4.78, 5) is 56.7. The third kappa shape index (κ3) is 10.2. The maximum Gasteiger partial charge on any atom is 0.226 e. The number of likely N-dealkylation sites (tertiary alicyclic amines) is 1. The number of aliphatic hydroxyl groups is 1. The Hall–Kier alpha value is -2.62. The predicted octanol–water partition coefficient (Wildman–Crippen LogP) is 5.49. The van der Waals surface area contributed by atoms with Crippen LogP contribution in [0.25, 0.3) is 0 Å². The van der Waals surface area contributed by atoms with Gasteiger partial charge in [-0.15, -0.1) is 0 Å². The van der Waals surface area contributed by atoms with Crippen molar-refractivity contribution in [2.24, 2.45) is 29.6 Å². The largest absolute Gasteiger partial charge is 0.388 e. The molecule has 1 fully saturated rings. The topological polar surface area (TPSA) is 113 Å². The number of Topliss-reactive ketones (excluding diaryl/α,β-unsaturated/α-hetero) is 2. The first kappa shape index (κ1) is 39.6. The number of hydrogen-bond donors (Lipinski definition) is 1. The van der Waals surface area contributed by atoms with Gasteiger partial charge in [0.1, 0.15) is 11.6 Å². The summed E-state index contributed by atoms with van der Waals surface area (Å²) in [6, 6.07) is 8.71. The van der Waals surface area contributed by atoms with Crippen molar-refractivity contribution in [2.75, 3.05) is 27.8 Å². The molecular weight excluding hydrogens is 584 g/mol. The number of ether oxygens (including phenoxy) is 2. The fourth-order valence-corrected chi connectivity index (χ4v) is 7.11. The molecule has 1 aliphatic rings. The minimum Gasteiger partial charge on any atom is -0.388 e. The number of ketones is 2. The molecule has 2 amide bonds. The van der Waals surface area contributed by atoms with Crippen molar-refractivity contribution < 1.29 is 33.8 Å². The second-order valence-electron chi connectivity index (χ2n) is 13.8. The van der Waals surface area contributed by atoms with E-state index < -0.39 is 30.1 Å². The zero-order valence-corrected chi connectivity index (χ0v) is 29.9. The molecule has 1 saturated heterocycles. The van der Waals surface area contributed by atoms with Crippen LogP contribution in [0.15, 0.2) is 30.3 Å². The van der Waals surface area contributed by atoms with Gasteiger partial charge in [0.2, 0.25) is 11.8 Å². The maximum absolute atomic E-state index is 14.0. The fraction of sp³-hybridized carbons (Fsp3) is 0.730. The number of likely N-dealkylation sites (N-methyl/N-ethyl adjacent to an activating group) is 1. The van der Waals surface area contributed by atoms with E-state index in [0.717, 1.165) is 24.8 Å². The monoisotopic (exact) mass is 644 g/mol. The van der Waals surface area contributed by atoms with Crippen molar-refractivity contribution in [1.29, 1.82) is 0 Å². The Balaban J connectivity index is 2.21. The van der Waals surface area contributed by atoms with Crippen LogP contribution in [0.2, 0.25) is 0 Å². The summed E-state index contributed by atoms with van der Waals surface area (Å²) in [5, 5.41) is 10.8. The Morgan fingerprint density at radius 2 is 1.59 bits per heavy atom. The molecule has 9 nitrogen and oxygen atoms in total. The quantitative estimate of drug-likeness (QED) is 0.212. The normalized spacial score (nSPS) is 20.3. The zero-order chi connectivity index (χ0) is 34.7. The van der Waals surface area contributed by atoms with Gasteiger partial charge in [0.05, 0.1) is 36.8 Å². The van der Waals surface area contributed by atoms with Crippen molar-refractivity contribution in [3.8, 4) is 0 Å². The molecule has 260 valence electrons. The van der Waals surface area contributed by atoms with E-state index >= 15 is 0 Å². The van der Waals surface area contributed by atoms with Gasteiger partial charge in [-0.3, -0.25) is 14.4 Å². The highest BCUT2D eigenvalue weighted by Crippen LogP contribution is 2.32. The third-order valence-corrected chi connectivity index (χ3v) is 10.2. The van der Waals surface area contributed by atoms with Gasteiger partial charge >= 0.3 is 0 Å². The highest BCUT2D eigenvalue weighted by molar-refractivity contribution is 5.86. The van der Waals surface area contributed by atoms with E-state index in [-0.39, 0.29) is 72.5 Å². The number of hydrogen-bond acceptors (Lipinski definition) is 7. The lowest BCUT2D eigenvalue weighted by Crippen LogP contribution is -2.54. The number of aliphatic hydroxyl groups excluding tert-OH is 1. The van der Waals surface area contributed by atoms with Gasteiger partial charge in [-0.05, 0) is 43.1 Å². The summed E-state index contributed by atoms with van der Waals surface area (Å²) in [7, 11) is 4.92. The summed E-state index contributed by atoms with van der Waals surface area (Å²) < 4.78 is 11.9. The van der Waals surface area contributed by atoms with Crippen LogP contribution in [0.3, 0.4) is 0 Å². The van der Waals surface area contributed by atoms with Crippen molar-refractivity contribution in [3.05, 3.63) is 35.9 Å². The van der Waals surface area contributed by atoms with Crippen LogP contribution in [0.4, 0.5) is 0 Å². The van der Waals surface area contributed by atoms with Gasteiger partial charge in [0.15, 0.2) is 0 Å². The van der Waals surface area contributed by atoms with Gasteiger partial charge in [-0.2, -0.15) is 0 Å². The van der Waals surface area contributed by atoms with Gasteiger partial charge < -0.3 is 29.2 Å². The molecule has 46 heavy (non-hydrogen) atoms. The first-order chi connectivity index (χ1) is 21.7. The van der Waals surface area contributed by atoms with Gasteiger partial charge in [-0.1, -0.05) is 78.3 Å². The second-order valence-corrected chi connectivity index (χ2v) is 13.8. The first-order valence-electron chi connectivity index (χ1n) is 17.1. The summed E-state index contributed by atoms with van der Waals surface area (Å²) in [5.74, 6) is -1.40. The fourth-order valence-electron chi connectivity index (χ4n) is 7.11. The molecule has 0 radical (unpaired) electrons. The van der Waals surface area contributed by atoms with Crippen molar-refractivity contribution in [3.63, 3.8) is 0 Å². The summed E-state index contributed by atoms with van der Waals surface area (Å²) in [5.41, 5.74) is 0.778. The molecule has 1 heterocycles. The molecule has 0 spiro atoms. The lowest BCUT2D eigenvalue weighted by atomic mass is 9.85. The zero-order valence-electron chi connectivity index (χ0n) is 29.9. The summed E-state index contributed by atoms with van der Waals surface area (Å²) >= 11 is 0. The summed E-state index contributed by atoms with van der Waals surface area (Å²) in [6.45, 7) is 13.8.